The number of hydrogen-bond acceptors (Lipinski definition) is 8. The number of nitrogens with one attached hydrogen (secondary N) is 1. The molecule has 240 valence electrons. The minimum absolute atomic E-state index is 0.0948. The highest BCUT2D eigenvalue weighted by molar-refractivity contribution is 6.30. The van der Waals surface area contributed by atoms with Crippen molar-refractivity contribution >= 4 is 41.6 Å². The molecular formula is C34H43ClN6O4. The van der Waals surface area contributed by atoms with Crippen LogP contribution in [0.15, 0.2) is 41.5 Å². The fourth-order valence-corrected chi connectivity index (χ4v) is 6.65. The lowest BCUT2D eigenvalue weighted by atomic mass is 9.87. The number of rotatable bonds is 7. The molecule has 2 aliphatic carbocycles. The van der Waals surface area contributed by atoms with Crippen LogP contribution in [-0.4, -0.2) is 109 Å². The highest BCUT2D eigenvalue weighted by Gasteiger charge is 2.52. The number of ether oxygens (including phenoxy) is 2. The van der Waals surface area contributed by atoms with Gasteiger partial charge >= 0.3 is 6.09 Å². The van der Waals surface area contributed by atoms with Crippen LogP contribution in [0.1, 0.15) is 62.0 Å². The third-order valence-corrected chi connectivity index (χ3v) is 9.46. The summed E-state index contributed by atoms with van der Waals surface area (Å²) >= 11 is 6.70. The van der Waals surface area contributed by atoms with Crippen LogP contribution in [-0.2, 0) is 14.3 Å². The van der Waals surface area contributed by atoms with E-state index < -0.39 is 11.6 Å². The Kier molecular flexibility index (Phi) is 8.67. The molecule has 6 rings (SSSR count). The molecule has 3 heterocycles. The number of piperazine rings is 1. The molecule has 11 heteroatoms. The van der Waals surface area contributed by atoms with E-state index in [-0.39, 0.29) is 29.5 Å². The minimum atomic E-state index is -0.783. The summed E-state index contributed by atoms with van der Waals surface area (Å²) in [5, 5.41) is 3.99. The molecule has 3 atom stereocenters. The Hall–Kier alpha value is -3.47. The second-order valence-corrected chi connectivity index (χ2v) is 14.1. The first-order chi connectivity index (χ1) is 21.5. The number of halogens is 1. The number of carbonyl (C=O) groups excluding carboxylic acids is 2. The Balaban J connectivity index is 1.36. The van der Waals surface area contributed by atoms with Gasteiger partial charge in [-0.3, -0.25) is 19.7 Å². The van der Waals surface area contributed by atoms with E-state index in [1.54, 1.807) is 12.0 Å². The monoisotopic (exact) mass is 634 g/mol. The van der Waals surface area contributed by atoms with Gasteiger partial charge in [-0.05, 0) is 64.8 Å². The van der Waals surface area contributed by atoms with Crippen LogP contribution in [0.5, 0.6) is 0 Å². The van der Waals surface area contributed by atoms with Crippen molar-refractivity contribution in [1.29, 1.82) is 0 Å². The largest absolute Gasteiger partial charge is 0.449 e. The molecule has 2 amide bonds. The summed E-state index contributed by atoms with van der Waals surface area (Å²) in [6, 6.07) is 9.34. The predicted octanol–water partition coefficient (Wildman–Crippen LogP) is 4.48. The number of nitrogens with zero attached hydrogens (tertiary/aromatic N) is 5. The number of fused-ring (bicyclic) bond motifs is 2. The van der Waals surface area contributed by atoms with Crippen molar-refractivity contribution < 1.29 is 19.1 Å². The van der Waals surface area contributed by atoms with Gasteiger partial charge in [-0.15, -0.1) is 0 Å². The van der Waals surface area contributed by atoms with Crippen LogP contribution < -0.4 is 5.32 Å². The summed E-state index contributed by atoms with van der Waals surface area (Å²) in [4.78, 5) is 42.2. The van der Waals surface area contributed by atoms with Crippen LogP contribution in [0, 0.1) is 5.41 Å². The topological polar surface area (TPSA) is 99.6 Å². The van der Waals surface area contributed by atoms with Crippen LogP contribution in [0.4, 0.5) is 4.79 Å². The lowest BCUT2D eigenvalue weighted by Crippen LogP contribution is -2.53. The molecule has 3 unspecified atom stereocenters. The normalized spacial score (nSPS) is 23.0. The Morgan fingerprint density at radius 3 is 2.56 bits per heavy atom. The molecular weight excluding hydrogens is 592 g/mol. The van der Waals surface area contributed by atoms with Crippen LogP contribution in [0.3, 0.4) is 0 Å². The molecule has 2 aliphatic heterocycles. The number of likely N-dealkylation sites (N-methyl/N-ethyl adjacent to an activating group) is 1. The van der Waals surface area contributed by atoms with Crippen molar-refractivity contribution in [2.75, 3.05) is 53.5 Å². The van der Waals surface area contributed by atoms with Gasteiger partial charge in [0.05, 0.1) is 43.3 Å². The molecule has 1 saturated heterocycles. The van der Waals surface area contributed by atoms with E-state index in [1.165, 1.54) is 0 Å². The number of pyridine rings is 1. The second kappa shape index (κ2) is 12.4. The minimum Gasteiger partial charge on any atom is -0.449 e. The molecule has 1 N–H and O–H groups in total. The average molecular weight is 635 g/mol. The van der Waals surface area contributed by atoms with Gasteiger partial charge in [-0.1, -0.05) is 44.5 Å². The van der Waals surface area contributed by atoms with Crippen molar-refractivity contribution in [1.82, 2.24) is 25.0 Å². The molecule has 2 aromatic rings. The third kappa shape index (κ3) is 6.46. The van der Waals surface area contributed by atoms with Gasteiger partial charge < -0.3 is 24.6 Å². The number of benzene rings is 1. The van der Waals surface area contributed by atoms with Gasteiger partial charge in [-0.25, -0.2) is 4.79 Å². The zero-order valence-electron chi connectivity index (χ0n) is 26.8. The zero-order valence-corrected chi connectivity index (χ0v) is 27.5. The fraction of sp³-hybridized carbons (Fsp3) is 0.529. The van der Waals surface area contributed by atoms with E-state index in [1.807, 2.05) is 37.8 Å². The predicted molar refractivity (Wildman–Crippen MR) is 175 cm³/mol. The Morgan fingerprint density at radius 2 is 1.91 bits per heavy atom. The quantitative estimate of drug-likeness (QED) is 0.479. The van der Waals surface area contributed by atoms with Gasteiger partial charge in [-0.2, -0.15) is 0 Å². The zero-order chi connectivity index (χ0) is 31.9. The van der Waals surface area contributed by atoms with Crippen molar-refractivity contribution in [2.24, 2.45) is 10.4 Å². The van der Waals surface area contributed by atoms with E-state index in [9.17, 15) is 9.59 Å². The van der Waals surface area contributed by atoms with Crippen molar-refractivity contribution in [2.45, 2.75) is 57.3 Å². The van der Waals surface area contributed by atoms with Gasteiger partial charge in [0.2, 0.25) is 0 Å². The van der Waals surface area contributed by atoms with Gasteiger partial charge in [0.25, 0.3) is 5.91 Å². The molecule has 10 nitrogen and oxygen atoms in total. The Labute approximate surface area is 270 Å². The maximum Gasteiger partial charge on any atom is 0.409 e. The number of amides is 2. The van der Waals surface area contributed by atoms with Crippen molar-refractivity contribution in [3.63, 3.8) is 0 Å². The number of carbonyl (C=O) groups is 2. The summed E-state index contributed by atoms with van der Waals surface area (Å²) in [6.45, 7) is 9.48. The first kappa shape index (κ1) is 31.5. The smallest absolute Gasteiger partial charge is 0.409 e. The highest BCUT2D eigenvalue weighted by Crippen LogP contribution is 2.44. The van der Waals surface area contributed by atoms with Crippen LogP contribution >= 0.6 is 11.6 Å². The van der Waals surface area contributed by atoms with Crippen molar-refractivity contribution in [3.05, 3.63) is 63.9 Å². The molecule has 1 saturated carbocycles. The van der Waals surface area contributed by atoms with E-state index in [0.29, 0.717) is 57.2 Å². The summed E-state index contributed by atoms with van der Waals surface area (Å²) in [6.07, 6.45) is 6.93. The highest BCUT2D eigenvalue weighted by atomic mass is 35.5. The molecule has 0 radical (unpaired) electrons. The van der Waals surface area contributed by atoms with Gasteiger partial charge in [0.15, 0.2) is 0 Å². The maximum atomic E-state index is 13.7. The number of aromatic nitrogens is 1. The molecule has 0 spiro atoms. The lowest BCUT2D eigenvalue weighted by Gasteiger charge is -2.40. The maximum absolute atomic E-state index is 13.7. The molecule has 45 heavy (non-hydrogen) atoms. The molecule has 0 bridgehead atoms. The molecule has 1 aromatic heterocycles. The van der Waals surface area contributed by atoms with Gasteiger partial charge in [0, 0.05) is 51.6 Å². The van der Waals surface area contributed by atoms with Crippen LogP contribution in [0.25, 0.3) is 11.6 Å². The Morgan fingerprint density at radius 1 is 1.16 bits per heavy atom. The molecule has 2 fully saturated rings. The number of hydrogen-bond donors (Lipinski definition) is 1. The van der Waals surface area contributed by atoms with E-state index in [4.69, 9.17) is 26.1 Å². The van der Waals surface area contributed by atoms with Gasteiger partial charge in [0.1, 0.15) is 5.60 Å². The van der Waals surface area contributed by atoms with E-state index >= 15 is 0 Å². The van der Waals surface area contributed by atoms with Crippen molar-refractivity contribution in [3.8, 4) is 0 Å². The second-order valence-electron chi connectivity index (χ2n) is 13.7. The summed E-state index contributed by atoms with van der Waals surface area (Å²) in [5.41, 5.74) is 4.00. The first-order valence-electron chi connectivity index (χ1n) is 15.7. The summed E-state index contributed by atoms with van der Waals surface area (Å²) in [7, 11) is 3.59. The third-order valence-electron chi connectivity index (χ3n) is 9.22. The number of methoxy groups -OCH3 is 1. The summed E-state index contributed by atoms with van der Waals surface area (Å²) < 4.78 is 11.3. The molecule has 4 aliphatic rings. The SMILES string of the molecule is COC1(C(=O)NC(C2=Cc3cccnc3C(N3CCN(C(=O)OCC(C)(C)C)CC3)c3ccc(Cl)cc32)C2CN=CN2C)CC1. The summed E-state index contributed by atoms with van der Waals surface area (Å²) in [5.74, 6) is -0.110. The molecule has 1 aromatic carbocycles. The Bertz CT molecular complexity index is 1510. The van der Waals surface area contributed by atoms with E-state index in [0.717, 1.165) is 28.0 Å². The lowest BCUT2D eigenvalue weighted by molar-refractivity contribution is -0.134. The first-order valence-corrected chi connectivity index (χ1v) is 16.1. The van der Waals surface area contributed by atoms with Crippen LogP contribution in [0.2, 0.25) is 5.02 Å². The fourth-order valence-electron chi connectivity index (χ4n) is 6.48. The standard InChI is InChI=1S/C34H43ClN6O4/c1-33(2,3)20-45-32(43)41-15-13-40(14-16-41)30-24-9-8-23(35)18-25(24)26(17-22-7-6-12-37-28(22)30)29(27-19-36-21-39(27)4)38-31(42)34(44-5)10-11-34/h6-9,12,17-18,21,27,29-30H,10-11,13-16,19-20H2,1-5H3,(H,38,42). The van der Waals surface area contributed by atoms with E-state index in [2.05, 4.69) is 59.1 Å². The number of aliphatic imine (C=N–C) groups is 1. The average Bonchev–Trinajstić information content (AvgIpc) is 3.74.